The minimum Gasteiger partial charge on any atom is -0.340 e. The van der Waals surface area contributed by atoms with Crippen LogP contribution in [-0.2, 0) is 15.7 Å². The molecular formula is C16H18F2N2O. The first kappa shape index (κ1) is 15.4. The van der Waals surface area contributed by atoms with E-state index in [1.54, 1.807) is 12.1 Å². The summed E-state index contributed by atoms with van der Waals surface area (Å²) in [6.45, 7) is 12.2. The number of carbonyl (C=O) groups excluding carboxylic acids is 1. The van der Waals surface area contributed by atoms with Crippen LogP contribution < -0.4 is 5.32 Å². The highest BCUT2D eigenvalue weighted by molar-refractivity contribution is 5.92. The van der Waals surface area contributed by atoms with Crippen LogP contribution >= 0.6 is 0 Å². The van der Waals surface area contributed by atoms with Gasteiger partial charge >= 0.3 is 0 Å². The summed E-state index contributed by atoms with van der Waals surface area (Å²) in [5.74, 6) is -0.384. The van der Waals surface area contributed by atoms with E-state index in [4.69, 9.17) is 6.57 Å². The fourth-order valence-corrected chi connectivity index (χ4v) is 3.12. The number of benzene rings is 1. The van der Waals surface area contributed by atoms with Crippen LogP contribution in [0.2, 0.25) is 0 Å². The molecule has 1 amide bonds. The molecule has 1 atom stereocenters. The first-order chi connectivity index (χ1) is 9.85. The van der Waals surface area contributed by atoms with Crippen molar-refractivity contribution in [3.8, 4) is 0 Å². The summed E-state index contributed by atoms with van der Waals surface area (Å²) >= 11 is 0. The summed E-state index contributed by atoms with van der Waals surface area (Å²) in [5, 5.41) is 2.51. The summed E-state index contributed by atoms with van der Waals surface area (Å²) in [7, 11) is 0. The summed E-state index contributed by atoms with van der Waals surface area (Å²) in [5.41, 5.74) is -1.21. The Labute approximate surface area is 123 Å². The van der Waals surface area contributed by atoms with E-state index in [-0.39, 0.29) is 5.91 Å². The van der Waals surface area contributed by atoms with E-state index in [9.17, 15) is 13.6 Å². The van der Waals surface area contributed by atoms with Crippen molar-refractivity contribution in [2.45, 2.75) is 51.0 Å². The number of fused-ring (bicyclic) bond motifs is 1. The van der Waals surface area contributed by atoms with Crippen LogP contribution in [0.4, 0.5) is 14.5 Å². The molecule has 21 heavy (non-hydrogen) atoms. The van der Waals surface area contributed by atoms with Crippen molar-refractivity contribution >= 4 is 11.6 Å². The van der Waals surface area contributed by atoms with Gasteiger partial charge in [0.05, 0.1) is 12.0 Å². The van der Waals surface area contributed by atoms with Crippen molar-refractivity contribution in [1.82, 2.24) is 5.32 Å². The average molecular weight is 292 g/mol. The van der Waals surface area contributed by atoms with Gasteiger partial charge in [-0.1, -0.05) is 32.0 Å². The van der Waals surface area contributed by atoms with E-state index in [1.807, 2.05) is 13.8 Å². The second kappa shape index (κ2) is 5.10. The lowest BCUT2D eigenvalue weighted by Crippen LogP contribution is -2.60. The van der Waals surface area contributed by atoms with Gasteiger partial charge in [0, 0.05) is 0 Å². The lowest BCUT2D eigenvalue weighted by atomic mass is 9.66. The Kier molecular flexibility index (Phi) is 3.75. The van der Waals surface area contributed by atoms with Gasteiger partial charge in [-0.25, -0.2) is 13.6 Å². The van der Waals surface area contributed by atoms with Gasteiger partial charge in [0.1, 0.15) is 5.54 Å². The quantitative estimate of drug-likeness (QED) is 0.842. The summed E-state index contributed by atoms with van der Waals surface area (Å²) < 4.78 is 27.0. The van der Waals surface area contributed by atoms with E-state index in [0.717, 1.165) is 0 Å². The molecule has 1 heterocycles. The zero-order valence-corrected chi connectivity index (χ0v) is 12.3. The zero-order valence-electron chi connectivity index (χ0n) is 12.3. The van der Waals surface area contributed by atoms with Crippen molar-refractivity contribution in [3.63, 3.8) is 0 Å². The number of halogens is 2. The highest BCUT2D eigenvalue weighted by atomic mass is 19.3. The van der Waals surface area contributed by atoms with Gasteiger partial charge in [-0.15, -0.1) is 0 Å². The van der Waals surface area contributed by atoms with E-state index in [1.165, 1.54) is 13.0 Å². The summed E-state index contributed by atoms with van der Waals surface area (Å²) in [6, 6.07) is 4.67. The molecule has 0 fully saturated rings. The number of carbonyl (C=O) groups is 1. The van der Waals surface area contributed by atoms with Gasteiger partial charge in [0.2, 0.25) is 5.91 Å². The molecule has 0 spiro atoms. The maximum absolute atomic E-state index is 13.5. The van der Waals surface area contributed by atoms with Crippen molar-refractivity contribution in [2.24, 2.45) is 0 Å². The lowest BCUT2D eigenvalue weighted by Gasteiger charge is -2.45. The normalized spacial score (nSPS) is 23.4. The smallest absolute Gasteiger partial charge is 0.265 e. The average Bonchev–Trinajstić information content (AvgIpc) is 2.47. The predicted octanol–water partition coefficient (Wildman–Crippen LogP) is 3.91. The number of alkyl halides is 2. The molecule has 0 saturated carbocycles. The number of nitrogens with one attached hydrogen (secondary N) is 1. The molecule has 0 bridgehead atoms. The van der Waals surface area contributed by atoms with E-state index >= 15 is 0 Å². The maximum atomic E-state index is 13.5. The molecule has 0 aliphatic carbocycles. The van der Waals surface area contributed by atoms with E-state index < -0.39 is 17.4 Å². The minimum atomic E-state index is -2.72. The third-order valence-corrected chi connectivity index (χ3v) is 4.66. The summed E-state index contributed by atoms with van der Waals surface area (Å²) in [6.07, 6.45) is -1.71. The Bertz CT molecular complexity index is 617. The van der Waals surface area contributed by atoms with Crippen LogP contribution in [0.3, 0.4) is 0 Å². The van der Waals surface area contributed by atoms with Gasteiger partial charge in [-0.2, -0.15) is 0 Å². The largest absolute Gasteiger partial charge is 0.340 e. The van der Waals surface area contributed by atoms with Crippen LogP contribution in [0, 0.1) is 6.57 Å². The van der Waals surface area contributed by atoms with Gasteiger partial charge in [0.25, 0.3) is 6.43 Å². The number of nitrogens with zero attached hydrogens (tertiary/aromatic N) is 1. The number of amides is 1. The standard InChI is InChI=1S/C16H18F2N2O/c1-5-16(6-2)12-9-10(19-4)7-8-11(12)15(3,13(17)18)20-14(16)21/h7-9,13H,5-6H2,1-3H3,(H,20,21). The summed E-state index contributed by atoms with van der Waals surface area (Å²) in [4.78, 5) is 15.9. The first-order valence-corrected chi connectivity index (χ1v) is 6.99. The van der Waals surface area contributed by atoms with Crippen molar-refractivity contribution in [3.05, 3.63) is 40.7 Å². The molecule has 5 heteroatoms. The molecule has 1 aliphatic heterocycles. The molecule has 3 nitrogen and oxygen atoms in total. The van der Waals surface area contributed by atoms with Crippen LogP contribution in [0.15, 0.2) is 18.2 Å². The predicted molar refractivity (Wildman–Crippen MR) is 76.5 cm³/mol. The monoisotopic (exact) mass is 292 g/mol. The Morgan fingerprint density at radius 2 is 1.90 bits per heavy atom. The van der Waals surface area contributed by atoms with Crippen LogP contribution in [0.5, 0.6) is 0 Å². The molecule has 1 aromatic carbocycles. The molecule has 112 valence electrons. The number of rotatable bonds is 3. The van der Waals surface area contributed by atoms with Crippen LogP contribution in [0.25, 0.3) is 4.85 Å². The SMILES string of the molecule is [C-]#[N+]c1ccc2c(c1)C(CC)(CC)C(=O)NC2(C)C(F)F. The molecular weight excluding hydrogens is 274 g/mol. The number of hydrogen-bond donors (Lipinski definition) is 1. The fraction of sp³-hybridized carbons (Fsp3) is 0.500. The van der Waals surface area contributed by atoms with E-state index in [0.29, 0.717) is 29.7 Å². The molecule has 0 saturated heterocycles. The van der Waals surface area contributed by atoms with Crippen molar-refractivity contribution < 1.29 is 13.6 Å². The van der Waals surface area contributed by atoms with Crippen LogP contribution in [0.1, 0.15) is 44.7 Å². The van der Waals surface area contributed by atoms with Gasteiger partial charge < -0.3 is 5.32 Å². The maximum Gasteiger partial charge on any atom is 0.265 e. The van der Waals surface area contributed by atoms with Crippen molar-refractivity contribution in [2.75, 3.05) is 0 Å². The molecule has 1 unspecified atom stereocenters. The minimum absolute atomic E-state index is 0.367. The lowest BCUT2D eigenvalue weighted by molar-refractivity contribution is -0.133. The fourth-order valence-electron chi connectivity index (χ4n) is 3.12. The highest BCUT2D eigenvalue weighted by Gasteiger charge is 2.52. The molecule has 1 aromatic rings. The van der Waals surface area contributed by atoms with Crippen LogP contribution in [-0.4, -0.2) is 12.3 Å². The number of hydrogen-bond acceptors (Lipinski definition) is 1. The second-order valence-corrected chi connectivity index (χ2v) is 5.59. The third-order valence-electron chi connectivity index (χ3n) is 4.66. The van der Waals surface area contributed by atoms with E-state index in [2.05, 4.69) is 10.2 Å². The molecule has 0 radical (unpaired) electrons. The Morgan fingerprint density at radius 1 is 1.29 bits per heavy atom. The molecule has 0 aromatic heterocycles. The molecule has 1 aliphatic rings. The second-order valence-electron chi connectivity index (χ2n) is 5.59. The Morgan fingerprint density at radius 3 is 2.38 bits per heavy atom. The van der Waals surface area contributed by atoms with Gasteiger partial charge in [-0.05, 0) is 30.9 Å². The van der Waals surface area contributed by atoms with Gasteiger partial charge in [0.15, 0.2) is 5.69 Å². The Hall–Kier alpha value is -1.96. The molecule has 1 N–H and O–H groups in total. The van der Waals surface area contributed by atoms with Gasteiger partial charge in [-0.3, -0.25) is 4.79 Å². The third kappa shape index (κ3) is 2.01. The Balaban J connectivity index is 2.80. The highest BCUT2D eigenvalue weighted by Crippen LogP contribution is 2.46. The zero-order chi connectivity index (χ0) is 15.8. The topological polar surface area (TPSA) is 33.5 Å². The molecule has 2 rings (SSSR count). The van der Waals surface area contributed by atoms with Crippen molar-refractivity contribution in [1.29, 1.82) is 0 Å². The first-order valence-electron chi connectivity index (χ1n) is 6.99.